The van der Waals surface area contributed by atoms with Gasteiger partial charge in [0.1, 0.15) is 0 Å². The molecule has 1 heteroatoms. The van der Waals surface area contributed by atoms with Gasteiger partial charge in [-0.05, 0) is 25.4 Å². The summed E-state index contributed by atoms with van der Waals surface area (Å²) < 4.78 is 0. The Balaban J connectivity index is -0.000000155. The van der Waals surface area contributed by atoms with Gasteiger partial charge in [-0.2, -0.15) is 0 Å². The number of hydrogen-bond acceptors (Lipinski definition) is 0. The van der Waals surface area contributed by atoms with Gasteiger partial charge in [0.2, 0.25) is 0 Å². The molecule has 0 radical (unpaired) electrons. The molecule has 0 spiro atoms. The third kappa shape index (κ3) is 29.3. The Kier molecular flexibility index (Phi) is 28.2. The summed E-state index contributed by atoms with van der Waals surface area (Å²) in [5, 5.41) is 0. The van der Waals surface area contributed by atoms with Crippen molar-refractivity contribution >= 4 is 7.92 Å². The van der Waals surface area contributed by atoms with Crippen LogP contribution in [0.1, 0.15) is 73.6 Å². The minimum absolute atomic E-state index is 0.402. The van der Waals surface area contributed by atoms with E-state index in [4.69, 9.17) is 0 Å². The van der Waals surface area contributed by atoms with Gasteiger partial charge < -0.3 is 0 Å². The summed E-state index contributed by atoms with van der Waals surface area (Å²) in [5.74, 6) is 1.05. The predicted octanol–water partition coefficient (Wildman–Crippen LogP) is 6.39. The van der Waals surface area contributed by atoms with Crippen molar-refractivity contribution in [3.05, 3.63) is 0 Å². The van der Waals surface area contributed by atoms with E-state index in [2.05, 4.69) is 41.0 Å². The molecule has 0 atom stereocenters. The fraction of sp³-hybridized carbons (Fsp3) is 1.00. The van der Waals surface area contributed by atoms with Crippen molar-refractivity contribution in [3.8, 4) is 0 Å². The molecule has 0 aromatic rings. The van der Waals surface area contributed by atoms with Gasteiger partial charge in [0.05, 0.1) is 0 Å². The van der Waals surface area contributed by atoms with Crippen LogP contribution in [0.5, 0.6) is 0 Å². The monoisotopic (exact) mass is 248 g/mol. The molecule has 1 aliphatic carbocycles. The first kappa shape index (κ1) is 21.7. The highest BCUT2D eigenvalue weighted by atomic mass is 31.1. The van der Waals surface area contributed by atoms with Gasteiger partial charge in [-0.15, -0.1) is 7.92 Å². The first-order chi connectivity index (χ1) is 7.58. The molecular formula is C15H37P. The van der Waals surface area contributed by atoms with Crippen LogP contribution in [0.3, 0.4) is 0 Å². The van der Waals surface area contributed by atoms with Gasteiger partial charge in [-0.1, -0.05) is 73.6 Å². The zero-order chi connectivity index (χ0) is 13.4. The van der Waals surface area contributed by atoms with E-state index in [1.807, 2.05) is 13.8 Å². The van der Waals surface area contributed by atoms with Crippen molar-refractivity contribution in [1.82, 2.24) is 0 Å². The standard InChI is InChI=1S/C6H12.C4H11P.C3H8.C2H6/c1-6-4-2-3-5-6;1-4-5(2)3;1-3-2;1-2/h6H,2-5H2,1H3;4H2,1-3H3;3H2,1-2H3;1-2H3. The zero-order valence-electron chi connectivity index (χ0n) is 13.3. The van der Waals surface area contributed by atoms with E-state index >= 15 is 0 Å². The second kappa shape index (κ2) is 20.8. The average Bonchev–Trinajstić information content (AvgIpc) is 2.74. The highest BCUT2D eigenvalue weighted by Gasteiger charge is 2.07. The van der Waals surface area contributed by atoms with Crippen LogP contribution in [0.4, 0.5) is 0 Å². The number of hydrogen-bond donors (Lipinski definition) is 0. The summed E-state index contributed by atoms with van der Waals surface area (Å²) in [7, 11) is 0.402. The van der Waals surface area contributed by atoms with Crippen LogP contribution in [0, 0.1) is 5.92 Å². The molecule has 0 nitrogen and oxygen atoms in total. The van der Waals surface area contributed by atoms with Crippen molar-refractivity contribution in [2.24, 2.45) is 5.92 Å². The van der Waals surface area contributed by atoms with Crippen LogP contribution in [0.15, 0.2) is 0 Å². The Hall–Kier alpha value is 0.430. The lowest BCUT2D eigenvalue weighted by atomic mass is 10.2. The second-order valence-electron chi connectivity index (χ2n) is 4.49. The maximum Gasteiger partial charge on any atom is -0.0359 e. The van der Waals surface area contributed by atoms with Crippen LogP contribution in [0.2, 0.25) is 0 Å². The molecule has 0 aromatic carbocycles. The van der Waals surface area contributed by atoms with Gasteiger partial charge in [0, 0.05) is 0 Å². The minimum Gasteiger partial charge on any atom is -0.113 e. The molecule has 0 N–H and O–H groups in total. The Morgan fingerprint density at radius 2 is 1.19 bits per heavy atom. The van der Waals surface area contributed by atoms with E-state index in [1.165, 1.54) is 38.3 Å². The molecule has 0 aliphatic heterocycles. The van der Waals surface area contributed by atoms with Crippen LogP contribution in [0.25, 0.3) is 0 Å². The molecule has 1 fully saturated rings. The largest absolute Gasteiger partial charge is 0.113 e. The summed E-state index contributed by atoms with van der Waals surface area (Å²) in [6.07, 6.45) is 8.57. The van der Waals surface area contributed by atoms with Crippen LogP contribution in [-0.2, 0) is 0 Å². The van der Waals surface area contributed by atoms with Gasteiger partial charge in [-0.3, -0.25) is 0 Å². The lowest BCUT2D eigenvalue weighted by Crippen LogP contribution is -1.78. The molecule has 0 heterocycles. The summed E-state index contributed by atoms with van der Waals surface area (Å²) in [6, 6.07) is 0. The second-order valence-corrected chi connectivity index (χ2v) is 7.28. The van der Waals surface area contributed by atoms with E-state index in [1.54, 1.807) is 0 Å². The van der Waals surface area contributed by atoms with E-state index in [0.29, 0.717) is 7.92 Å². The third-order valence-corrected chi connectivity index (χ3v) is 3.54. The van der Waals surface area contributed by atoms with Gasteiger partial charge >= 0.3 is 0 Å². The Labute approximate surface area is 107 Å². The molecule has 1 rings (SSSR count). The minimum atomic E-state index is 0.402. The average molecular weight is 248 g/mol. The summed E-state index contributed by atoms with van der Waals surface area (Å²) >= 11 is 0. The van der Waals surface area contributed by atoms with E-state index in [-0.39, 0.29) is 0 Å². The van der Waals surface area contributed by atoms with Crippen molar-refractivity contribution < 1.29 is 0 Å². The fourth-order valence-corrected chi connectivity index (χ4v) is 1.13. The first-order valence-corrected chi connectivity index (χ1v) is 9.65. The smallest absolute Gasteiger partial charge is 0.0359 e. The molecule has 102 valence electrons. The lowest BCUT2D eigenvalue weighted by Gasteiger charge is -1.92. The summed E-state index contributed by atoms with van der Waals surface area (Å²) in [5.41, 5.74) is 0. The molecular weight excluding hydrogens is 211 g/mol. The highest BCUT2D eigenvalue weighted by Crippen LogP contribution is 2.23. The third-order valence-electron chi connectivity index (χ3n) is 2.28. The van der Waals surface area contributed by atoms with Crippen LogP contribution >= 0.6 is 7.92 Å². The predicted molar refractivity (Wildman–Crippen MR) is 84.3 cm³/mol. The highest BCUT2D eigenvalue weighted by molar-refractivity contribution is 7.55. The Morgan fingerprint density at radius 1 is 0.938 bits per heavy atom. The Bertz CT molecular complexity index is 83.4. The van der Waals surface area contributed by atoms with Crippen molar-refractivity contribution in [1.29, 1.82) is 0 Å². The van der Waals surface area contributed by atoms with Gasteiger partial charge in [0.25, 0.3) is 0 Å². The zero-order valence-corrected chi connectivity index (χ0v) is 14.2. The van der Waals surface area contributed by atoms with E-state index in [9.17, 15) is 0 Å². The van der Waals surface area contributed by atoms with Crippen molar-refractivity contribution in [2.75, 3.05) is 19.5 Å². The maximum atomic E-state index is 2.34. The number of rotatable bonds is 1. The lowest BCUT2D eigenvalue weighted by molar-refractivity contribution is 0.612. The van der Waals surface area contributed by atoms with Crippen LogP contribution < -0.4 is 0 Å². The molecule has 16 heavy (non-hydrogen) atoms. The molecule has 1 saturated carbocycles. The fourth-order valence-electron chi connectivity index (χ4n) is 1.13. The van der Waals surface area contributed by atoms with E-state index < -0.39 is 0 Å². The van der Waals surface area contributed by atoms with Crippen molar-refractivity contribution in [3.63, 3.8) is 0 Å². The maximum absolute atomic E-state index is 2.34. The molecule has 0 saturated heterocycles. The van der Waals surface area contributed by atoms with E-state index in [0.717, 1.165) is 5.92 Å². The topological polar surface area (TPSA) is 0 Å². The molecule has 1 aliphatic rings. The SMILES string of the molecule is CC.CC1CCCC1.CCC.CCP(C)C. The molecule has 0 bridgehead atoms. The van der Waals surface area contributed by atoms with Crippen LogP contribution in [-0.4, -0.2) is 19.5 Å². The van der Waals surface area contributed by atoms with Gasteiger partial charge in [0.15, 0.2) is 0 Å². The van der Waals surface area contributed by atoms with Crippen molar-refractivity contribution in [2.45, 2.75) is 73.6 Å². The summed E-state index contributed by atoms with van der Waals surface area (Å²) in [4.78, 5) is 0. The molecule has 0 unspecified atom stereocenters. The summed E-state index contributed by atoms with van der Waals surface area (Å²) in [6.45, 7) is 17.4. The van der Waals surface area contributed by atoms with Gasteiger partial charge in [-0.25, -0.2) is 0 Å². The quantitative estimate of drug-likeness (QED) is 0.472. The molecule has 0 aromatic heterocycles. The molecule has 0 amide bonds. The first-order valence-electron chi connectivity index (χ1n) is 7.23. The normalized spacial score (nSPS) is 14.1. The Morgan fingerprint density at radius 3 is 1.25 bits per heavy atom.